The molecule has 0 rings (SSSR count). The first-order valence-corrected chi connectivity index (χ1v) is 3.05. The van der Waals surface area contributed by atoms with Crippen molar-refractivity contribution in [1.29, 1.82) is 0 Å². The SMILES string of the molecule is CC(C)CC(O)CN.Cl. The molecule has 0 spiro atoms. The number of nitrogens with two attached hydrogens (primary N) is 1. The molecular weight excluding hydrogens is 138 g/mol. The summed E-state index contributed by atoms with van der Waals surface area (Å²) in [6, 6.07) is 0. The predicted octanol–water partition coefficient (Wildman–Crippen LogP) is 0.774. The first kappa shape index (κ1) is 11.9. The molecule has 3 N–H and O–H groups in total. The lowest BCUT2D eigenvalue weighted by Gasteiger charge is -2.08. The van der Waals surface area contributed by atoms with Gasteiger partial charge in [-0.15, -0.1) is 12.4 Å². The monoisotopic (exact) mass is 153 g/mol. The Morgan fingerprint density at radius 1 is 1.44 bits per heavy atom. The van der Waals surface area contributed by atoms with E-state index < -0.39 is 0 Å². The van der Waals surface area contributed by atoms with Gasteiger partial charge in [0.25, 0.3) is 0 Å². The van der Waals surface area contributed by atoms with Crippen LogP contribution in [-0.4, -0.2) is 17.8 Å². The molecule has 0 saturated carbocycles. The van der Waals surface area contributed by atoms with Crippen molar-refractivity contribution >= 4 is 12.4 Å². The molecule has 0 radical (unpaired) electrons. The molecule has 3 heteroatoms. The zero-order valence-corrected chi connectivity index (χ0v) is 6.82. The highest BCUT2D eigenvalue weighted by Gasteiger charge is 2.02. The second-order valence-electron chi connectivity index (χ2n) is 2.52. The second-order valence-corrected chi connectivity index (χ2v) is 2.52. The van der Waals surface area contributed by atoms with E-state index in [4.69, 9.17) is 10.8 Å². The van der Waals surface area contributed by atoms with E-state index in [1.54, 1.807) is 0 Å². The van der Waals surface area contributed by atoms with E-state index >= 15 is 0 Å². The molecule has 0 aromatic carbocycles. The third-order valence-electron chi connectivity index (χ3n) is 1.02. The number of aliphatic hydroxyl groups is 1. The van der Waals surface area contributed by atoms with Crippen molar-refractivity contribution in [3.63, 3.8) is 0 Å². The molecule has 0 aromatic heterocycles. The Balaban J connectivity index is 0. The van der Waals surface area contributed by atoms with Gasteiger partial charge in [0.1, 0.15) is 0 Å². The van der Waals surface area contributed by atoms with E-state index in [1.165, 1.54) is 0 Å². The largest absolute Gasteiger partial charge is 0.392 e. The van der Waals surface area contributed by atoms with Crippen molar-refractivity contribution in [2.24, 2.45) is 11.7 Å². The summed E-state index contributed by atoms with van der Waals surface area (Å²) in [5.74, 6) is 0.550. The van der Waals surface area contributed by atoms with Crippen molar-refractivity contribution in [3.05, 3.63) is 0 Å². The minimum absolute atomic E-state index is 0. The Hall–Kier alpha value is 0.210. The van der Waals surface area contributed by atoms with Crippen LogP contribution in [0.1, 0.15) is 20.3 Å². The van der Waals surface area contributed by atoms with Crippen LogP contribution in [0.25, 0.3) is 0 Å². The molecule has 0 bridgehead atoms. The lowest BCUT2D eigenvalue weighted by molar-refractivity contribution is 0.157. The molecule has 0 aliphatic rings. The Bertz CT molecular complexity index is 59.0. The molecule has 58 valence electrons. The Morgan fingerprint density at radius 3 is 2.00 bits per heavy atom. The second kappa shape index (κ2) is 6.33. The van der Waals surface area contributed by atoms with Gasteiger partial charge in [0, 0.05) is 6.54 Å². The summed E-state index contributed by atoms with van der Waals surface area (Å²) in [5.41, 5.74) is 5.17. The van der Waals surface area contributed by atoms with E-state index in [0.717, 1.165) is 6.42 Å². The number of hydrogen-bond acceptors (Lipinski definition) is 2. The molecule has 0 saturated heterocycles. The van der Waals surface area contributed by atoms with Crippen molar-refractivity contribution in [2.75, 3.05) is 6.54 Å². The zero-order chi connectivity index (χ0) is 6.57. The smallest absolute Gasteiger partial charge is 0.0664 e. The van der Waals surface area contributed by atoms with Crippen LogP contribution in [0.15, 0.2) is 0 Å². The van der Waals surface area contributed by atoms with Crippen molar-refractivity contribution < 1.29 is 5.11 Å². The first-order valence-electron chi connectivity index (χ1n) is 3.05. The van der Waals surface area contributed by atoms with Crippen LogP contribution in [-0.2, 0) is 0 Å². The number of halogens is 1. The summed E-state index contributed by atoms with van der Waals surface area (Å²) in [6.07, 6.45) is 0.520. The maximum atomic E-state index is 8.90. The number of rotatable bonds is 3. The molecule has 0 heterocycles. The molecule has 2 nitrogen and oxygen atoms in total. The molecule has 0 aromatic rings. The fraction of sp³-hybridized carbons (Fsp3) is 1.00. The summed E-state index contributed by atoms with van der Waals surface area (Å²) in [5, 5.41) is 8.90. The van der Waals surface area contributed by atoms with Gasteiger partial charge >= 0.3 is 0 Å². The molecule has 1 atom stereocenters. The van der Waals surface area contributed by atoms with Gasteiger partial charge in [-0.2, -0.15) is 0 Å². The summed E-state index contributed by atoms with van der Waals surface area (Å²) in [4.78, 5) is 0. The van der Waals surface area contributed by atoms with E-state index in [0.29, 0.717) is 12.5 Å². The average molecular weight is 154 g/mol. The summed E-state index contributed by atoms with van der Waals surface area (Å²) in [7, 11) is 0. The minimum atomic E-state index is -0.296. The number of aliphatic hydroxyl groups excluding tert-OH is 1. The zero-order valence-electron chi connectivity index (χ0n) is 6.00. The normalized spacial score (nSPS) is 13.0. The predicted molar refractivity (Wildman–Crippen MR) is 41.8 cm³/mol. The maximum absolute atomic E-state index is 8.90. The highest BCUT2D eigenvalue weighted by Crippen LogP contribution is 2.01. The third kappa shape index (κ3) is 8.21. The minimum Gasteiger partial charge on any atom is -0.392 e. The molecule has 0 aliphatic carbocycles. The van der Waals surface area contributed by atoms with Gasteiger partial charge in [0.05, 0.1) is 6.10 Å². The van der Waals surface area contributed by atoms with Crippen LogP contribution in [0.4, 0.5) is 0 Å². The summed E-state index contributed by atoms with van der Waals surface area (Å²) in [6.45, 7) is 4.52. The molecule has 0 fully saturated rings. The highest BCUT2D eigenvalue weighted by molar-refractivity contribution is 5.85. The Labute approximate surface area is 62.9 Å². The van der Waals surface area contributed by atoms with Crippen LogP contribution in [0.5, 0.6) is 0 Å². The molecule has 0 aliphatic heterocycles. The van der Waals surface area contributed by atoms with Crippen LogP contribution in [0.3, 0.4) is 0 Å². The molecule has 9 heavy (non-hydrogen) atoms. The standard InChI is InChI=1S/C6H15NO.ClH/c1-5(2)3-6(8)4-7;/h5-6,8H,3-4,7H2,1-2H3;1H. The lowest BCUT2D eigenvalue weighted by atomic mass is 10.1. The quantitative estimate of drug-likeness (QED) is 0.630. The number of hydrogen-bond donors (Lipinski definition) is 2. The van der Waals surface area contributed by atoms with Crippen LogP contribution in [0, 0.1) is 5.92 Å². The Kier molecular flexibility index (Phi) is 8.40. The van der Waals surface area contributed by atoms with Crippen molar-refractivity contribution in [1.82, 2.24) is 0 Å². The van der Waals surface area contributed by atoms with Gasteiger partial charge in [-0.1, -0.05) is 13.8 Å². The van der Waals surface area contributed by atoms with Crippen LogP contribution >= 0.6 is 12.4 Å². The van der Waals surface area contributed by atoms with Gasteiger partial charge in [-0.25, -0.2) is 0 Å². The van der Waals surface area contributed by atoms with Gasteiger partial charge in [-0.3, -0.25) is 0 Å². The van der Waals surface area contributed by atoms with E-state index in [-0.39, 0.29) is 18.5 Å². The van der Waals surface area contributed by atoms with E-state index in [2.05, 4.69) is 13.8 Å². The summed E-state index contributed by atoms with van der Waals surface area (Å²) >= 11 is 0. The molecule has 0 amide bonds. The van der Waals surface area contributed by atoms with Crippen LogP contribution < -0.4 is 5.73 Å². The maximum Gasteiger partial charge on any atom is 0.0664 e. The molecular formula is C6H16ClNO. The fourth-order valence-corrected chi connectivity index (χ4v) is 0.640. The van der Waals surface area contributed by atoms with Gasteiger partial charge < -0.3 is 10.8 Å². The van der Waals surface area contributed by atoms with Gasteiger partial charge in [-0.05, 0) is 12.3 Å². The summed E-state index contributed by atoms with van der Waals surface area (Å²) < 4.78 is 0. The lowest BCUT2D eigenvalue weighted by Crippen LogP contribution is -2.21. The van der Waals surface area contributed by atoms with E-state index in [9.17, 15) is 0 Å². The van der Waals surface area contributed by atoms with Crippen molar-refractivity contribution in [3.8, 4) is 0 Å². The van der Waals surface area contributed by atoms with Crippen LogP contribution in [0.2, 0.25) is 0 Å². The first-order chi connectivity index (χ1) is 3.66. The van der Waals surface area contributed by atoms with Gasteiger partial charge in [0.2, 0.25) is 0 Å². The average Bonchev–Trinajstić information content (AvgIpc) is 1.65. The molecule has 1 unspecified atom stereocenters. The van der Waals surface area contributed by atoms with E-state index in [1.807, 2.05) is 0 Å². The van der Waals surface area contributed by atoms with Gasteiger partial charge in [0.15, 0.2) is 0 Å². The topological polar surface area (TPSA) is 46.2 Å². The Morgan fingerprint density at radius 2 is 1.89 bits per heavy atom. The highest BCUT2D eigenvalue weighted by atomic mass is 35.5. The third-order valence-corrected chi connectivity index (χ3v) is 1.02. The fourth-order valence-electron chi connectivity index (χ4n) is 0.640. The van der Waals surface area contributed by atoms with Crippen molar-refractivity contribution in [2.45, 2.75) is 26.4 Å².